The number of hydrogen-bond donors (Lipinski definition) is 1. The third-order valence-electron chi connectivity index (χ3n) is 4.44. The molecule has 3 rings (SSSR count). The molecule has 8 heteroatoms. The zero-order chi connectivity index (χ0) is 19.4. The average molecular weight is 390 g/mol. The predicted octanol–water partition coefficient (Wildman–Crippen LogP) is 2.74. The van der Waals surface area contributed by atoms with Crippen LogP contribution < -0.4 is 14.8 Å². The van der Waals surface area contributed by atoms with Crippen LogP contribution in [0.5, 0.6) is 11.5 Å². The largest absolute Gasteiger partial charge is 0.493 e. The number of carbonyl (C=O) groups is 1. The number of anilines is 1. The Morgan fingerprint density at radius 2 is 1.70 bits per heavy atom. The van der Waals surface area contributed by atoms with Gasteiger partial charge in [-0.2, -0.15) is 4.31 Å². The molecule has 0 aromatic heterocycles. The van der Waals surface area contributed by atoms with Gasteiger partial charge in [-0.05, 0) is 49.2 Å². The van der Waals surface area contributed by atoms with Crippen molar-refractivity contribution in [1.29, 1.82) is 0 Å². The summed E-state index contributed by atoms with van der Waals surface area (Å²) in [4.78, 5) is 12.7. The summed E-state index contributed by atoms with van der Waals surface area (Å²) in [7, 11) is -0.526. The van der Waals surface area contributed by atoms with Gasteiger partial charge in [-0.3, -0.25) is 4.79 Å². The van der Waals surface area contributed by atoms with Gasteiger partial charge in [0.1, 0.15) is 0 Å². The van der Waals surface area contributed by atoms with Crippen LogP contribution in [0.3, 0.4) is 0 Å². The van der Waals surface area contributed by atoms with E-state index in [1.165, 1.54) is 24.6 Å². The van der Waals surface area contributed by atoms with Crippen molar-refractivity contribution < 1.29 is 22.7 Å². The van der Waals surface area contributed by atoms with Crippen LogP contribution in [0.4, 0.5) is 5.69 Å². The standard InChI is InChI=1S/C19H22N2O5S/c1-25-17-9-8-14(12-18(17)26-2)19(22)20-15-6-5-7-16(13-15)27(23,24)21-10-3-4-11-21/h5-9,12-13H,3-4,10-11H2,1-2H3,(H,20,22). The second kappa shape index (κ2) is 7.98. The first-order chi connectivity index (χ1) is 13.0. The Morgan fingerprint density at radius 1 is 1.00 bits per heavy atom. The molecular formula is C19H22N2O5S. The van der Waals surface area contributed by atoms with Crippen LogP contribution in [0, 0.1) is 0 Å². The number of hydrogen-bond acceptors (Lipinski definition) is 5. The smallest absolute Gasteiger partial charge is 0.255 e. The highest BCUT2D eigenvalue weighted by atomic mass is 32.2. The molecule has 1 aliphatic rings. The first-order valence-corrected chi connectivity index (χ1v) is 10.0. The quantitative estimate of drug-likeness (QED) is 0.820. The van der Waals surface area contributed by atoms with Crippen LogP contribution in [0.2, 0.25) is 0 Å². The minimum absolute atomic E-state index is 0.175. The van der Waals surface area contributed by atoms with Crippen LogP contribution >= 0.6 is 0 Å². The number of sulfonamides is 1. The maximum absolute atomic E-state index is 12.7. The van der Waals surface area contributed by atoms with Gasteiger partial charge in [0, 0.05) is 24.3 Å². The molecule has 2 aromatic carbocycles. The molecule has 7 nitrogen and oxygen atoms in total. The Labute approximate surface area is 158 Å². The summed E-state index contributed by atoms with van der Waals surface area (Å²) < 4.78 is 37.2. The van der Waals surface area contributed by atoms with Crippen LogP contribution in [-0.4, -0.2) is 45.9 Å². The van der Waals surface area contributed by atoms with E-state index in [-0.39, 0.29) is 10.8 Å². The first kappa shape index (κ1) is 19.2. The molecule has 27 heavy (non-hydrogen) atoms. The number of amides is 1. The van der Waals surface area contributed by atoms with Gasteiger partial charge < -0.3 is 14.8 Å². The number of benzene rings is 2. The maximum atomic E-state index is 12.7. The third kappa shape index (κ3) is 4.06. The van der Waals surface area contributed by atoms with Crippen LogP contribution in [0.25, 0.3) is 0 Å². The van der Waals surface area contributed by atoms with Gasteiger partial charge >= 0.3 is 0 Å². The molecule has 0 aliphatic carbocycles. The minimum atomic E-state index is -3.54. The van der Waals surface area contributed by atoms with Crippen molar-refractivity contribution >= 4 is 21.6 Å². The van der Waals surface area contributed by atoms with E-state index in [1.807, 2.05) is 0 Å². The van der Waals surface area contributed by atoms with E-state index >= 15 is 0 Å². The number of ether oxygens (including phenoxy) is 2. The number of nitrogens with zero attached hydrogens (tertiary/aromatic N) is 1. The van der Waals surface area contributed by atoms with Crippen molar-refractivity contribution in [3.63, 3.8) is 0 Å². The van der Waals surface area contributed by atoms with Crippen molar-refractivity contribution in [2.75, 3.05) is 32.6 Å². The second-order valence-electron chi connectivity index (χ2n) is 6.16. The summed E-state index contributed by atoms with van der Waals surface area (Å²) in [5, 5.41) is 2.73. The number of nitrogens with one attached hydrogen (secondary N) is 1. The molecule has 0 atom stereocenters. The molecule has 2 aromatic rings. The lowest BCUT2D eigenvalue weighted by Gasteiger charge is -2.16. The Kier molecular flexibility index (Phi) is 5.67. The number of rotatable bonds is 6. The molecule has 1 N–H and O–H groups in total. The van der Waals surface area contributed by atoms with Crippen LogP contribution in [0.1, 0.15) is 23.2 Å². The molecule has 0 spiro atoms. The molecule has 1 fully saturated rings. The highest BCUT2D eigenvalue weighted by Gasteiger charge is 2.27. The Bertz CT molecular complexity index is 937. The van der Waals surface area contributed by atoms with Gasteiger partial charge in [0.05, 0.1) is 19.1 Å². The molecule has 1 amide bonds. The van der Waals surface area contributed by atoms with Gasteiger partial charge in [0.25, 0.3) is 5.91 Å². The zero-order valence-corrected chi connectivity index (χ0v) is 16.1. The van der Waals surface area contributed by atoms with Gasteiger partial charge in [0.15, 0.2) is 11.5 Å². The average Bonchev–Trinajstić information content (AvgIpc) is 3.23. The zero-order valence-electron chi connectivity index (χ0n) is 15.3. The fourth-order valence-electron chi connectivity index (χ4n) is 2.99. The van der Waals surface area contributed by atoms with Crippen molar-refractivity contribution in [2.24, 2.45) is 0 Å². The summed E-state index contributed by atoms with van der Waals surface area (Å²) >= 11 is 0. The molecule has 1 heterocycles. The summed E-state index contributed by atoms with van der Waals surface area (Å²) in [6.07, 6.45) is 1.74. The summed E-state index contributed by atoms with van der Waals surface area (Å²) in [6, 6.07) is 11.1. The highest BCUT2D eigenvalue weighted by molar-refractivity contribution is 7.89. The van der Waals surface area contributed by atoms with E-state index < -0.39 is 10.0 Å². The van der Waals surface area contributed by atoms with Crippen molar-refractivity contribution in [2.45, 2.75) is 17.7 Å². The van der Waals surface area contributed by atoms with E-state index in [4.69, 9.17) is 9.47 Å². The highest BCUT2D eigenvalue weighted by Crippen LogP contribution is 2.28. The molecule has 0 bridgehead atoms. The van der Waals surface area contributed by atoms with Crippen LogP contribution in [0.15, 0.2) is 47.4 Å². The Morgan fingerprint density at radius 3 is 2.37 bits per heavy atom. The Balaban J connectivity index is 1.81. The third-order valence-corrected chi connectivity index (χ3v) is 6.34. The predicted molar refractivity (Wildman–Crippen MR) is 102 cm³/mol. The summed E-state index contributed by atoms with van der Waals surface area (Å²) in [5.41, 5.74) is 0.788. The van der Waals surface area contributed by atoms with E-state index in [2.05, 4.69) is 5.32 Å². The molecule has 0 unspecified atom stereocenters. The fourth-order valence-corrected chi connectivity index (χ4v) is 4.56. The van der Waals surface area contributed by atoms with Gasteiger partial charge in [-0.15, -0.1) is 0 Å². The van der Waals surface area contributed by atoms with Crippen molar-refractivity contribution in [3.05, 3.63) is 48.0 Å². The molecule has 1 aliphatic heterocycles. The molecule has 0 radical (unpaired) electrons. The molecule has 1 saturated heterocycles. The van der Waals surface area contributed by atoms with Gasteiger partial charge in [-0.25, -0.2) is 8.42 Å². The Hall–Kier alpha value is -2.58. The van der Waals surface area contributed by atoms with E-state index in [0.717, 1.165) is 12.8 Å². The minimum Gasteiger partial charge on any atom is -0.493 e. The second-order valence-corrected chi connectivity index (χ2v) is 8.10. The van der Waals surface area contributed by atoms with E-state index in [1.54, 1.807) is 36.4 Å². The lowest BCUT2D eigenvalue weighted by molar-refractivity contribution is 0.102. The lowest BCUT2D eigenvalue weighted by Crippen LogP contribution is -2.27. The first-order valence-electron chi connectivity index (χ1n) is 8.59. The monoisotopic (exact) mass is 390 g/mol. The van der Waals surface area contributed by atoms with Crippen LogP contribution in [-0.2, 0) is 10.0 Å². The van der Waals surface area contributed by atoms with E-state index in [9.17, 15) is 13.2 Å². The lowest BCUT2D eigenvalue weighted by atomic mass is 10.2. The summed E-state index contributed by atoms with van der Waals surface area (Å²) in [6.45, 7) is 1.06. The van der Waals surface area contributed by atoms with Crippen molar-refractivity contribution in [1.82, 2.24) is 4.31 Å². The molecule has 144 valence electrons. The molecule has 0 saturated carbocycles. The fraction of sp³-hybridized carbons (Fsp3) is 0.316. The van der Waals surface area contributed by atoms with E-state index in [0.29, 0.717) is 35.8 Å². The topological polar surface area (TPSA) is 84.9 Å². The van der Waals surface area contributed by atoms with Crippen molar-refractivity contribution in [3.8, 4) is 11.5 Å². The van der Waals surface area contributed by atoms with Gasteiger partial charge in [0.2, 0.25) is 10.0 Å². The number of carbonyl (C=O) groups excluding carboxylic acids is 1. The number of methoxy groups -OCH3 is 2. The van der Waals surface area contributed by atoms with Gasteiger partial charge in [-0.1, -0.05) is 6.07 Å². The summed E-state index contributed by atoms with van der Waals surface area (Å²) in [5.74, 6) is 0.593. The molecular weight excluding hydrogens is 368 g/mol. The normalized spacial score (nSPS) is 14.7. The SMILES string of the molecule is COc1ccc(C(=O)Nc2cccc(S(=O)(=O)N3CCCC3)c2)cc1OC. The maximum Gasteiger partial charge on any atom is 0.255 e.